The number of nitrogens with zero attached hydrogens (tertiary/aromatic N) is 1. The summed E-state index contributed by atoms with van der Waals surface area (Å²) in [5.41, 5.74) is 0. The van der Waals surface area contributed by atoms with E-state index in [9.17, 15) is 4.79 Å². The molecule has 0 saturated carbocycles. The topological polar surface area (TPSA) is 32.3 Å². The fourth-order valence-electron chi connectivity index (χ4n) is 2.11. The number of hydrogen-bond donors (Lipinski definition) is 1. The first-order valence-electron chi connectivity index (χ1n) is 6.12. The quantitative estimate of drug-likeness (QED) is 0.749. The molecule has 1 aliphatic rings. The highest BCUT2D eigenvalue weighted by Crippen LogP contribution is 2.14. The average Bonchev–Trinajstić information content (AvgIpc) is 2.66. The molecule has 0 bridgehead atoms. The summed E-state index contributed by atoms with van der Waals surface area (Å²) in [6.07, 6.45) is 1.89. The number of amides is 1. The Kier molecular flexibility index (Phi) is 5.09. The van der Waals surface area contributed by atoms with E-state index in [1.54, 1.807) is 0 Å². The highest BCUT2D eigenvalue weighted by atomic mass is 16.2. The molecule has 0 aromatic rings. The molecule has 0 radical (unpaired) electrons. The van der Waals surface area contributed by atoms with E-state index >= 15 is 0 Å². The van der Waals surface area contributed by atoms with Crippen molar-refractivity contribution in [3.63, 3.8) is 0 Å². The molecule has 3 heteroatoms. The molecule has 0 aliphatic carbocycles. The summed E-state index contributed by atoms with van der Waals surface area (Å²) in [6.45, 7) is 10.2. The van der Waals surface area contributed by atoms with Crippen LogP contribution in [0.25, 0.3) is 0 Å². The maximum Gasteiger partial charge on any atom is 0.222 e. The van der Waals surface area contributed by atoms with Gasteiger partial charge in [-0.05, 0) is 38.3 Å². The lowest BCUT2D eigenvalue weighted by molar-refractivity contribution is -0.132. The van der Waals surface area contributed by atoms with Crippen molar-refractivity contribution >= 4 is 5.91 Å². The van der Waals surface area contributed by atoms with Gasteiger partial charge in [-0.3, -0.25) is 4.79 Å². The van der Waals surface area contributed by atoms with Crippen molar-refractivity contribution in [2.75, 3.05) is 26.2 Å². The van der Waals surface area contributed by atoms with Crippen molar-refractivity contribution < 1.29 is 4.79 Å². The molecule has 1 rings (SSSR count). The molecule has 1 N–H and O–H groups in total. The molecule has 0 aromatic heterocycles. The zero-order valence-electron chi connectivity index (χ0n) is 10.3. The Labute approximate surface area is 93.2 Å². The third-order valence-electron chi connectivity index (χ3n) is 2.95. The first kappa shape index (κ1) is 12.5. The minimum Gasteiger partial charge on any atom is -0.343 e. The number of hydrogen-bond acceptors (Lipinski definition) is 2. The first-order chi connectivity index (χ1) is 7.13. The van der Waals surface area contributed by atoms with Crippen LogP contribution in [-0.4, -0.2) is 37.0 Å². The van der Waals surface area contributed by atoms with E-state index in [-0.39, 0.29) is 0 Å². The molecule has 1 fully saturated rings. The minimum atomic E-state index is 0.333. The predicted octanol–water partition coefficient (Wildman–Crippen LogP) is 1.49. The van der Waals surface area contributed by atoms with Gasteiger partial charge in [0.15, 0.2) is 0 Å². The van der Waals surface area contributed by atoms with Crippen LogP contribution in [0.5, 0.6) is 0 Å². The Morgan fingerprint density at radius 3 is 2.73 bits per heavy atom. The highest BCUT2D eigenvalue weighted by molar-refractivity contribution is 5.76. The monoisotopic (exact) mass is 212 g/mol. The lowest BCUT2D eigenvalue weighted by Gasteiger charge is -2.24. The number of carbonyl (C=O) groups excluding carboxylic acids is 1. The summed E-state index contributed by atoms with van der Waals surface area (Å²) in [6, 6.07) is 0. The van der Waals surface area contributed by atoms with E-state index in [1.807, 2.05) is 4.90 Å². The molecule has 15 heavy (non-hydrogen) atoms. The van der Waals surface area contributed by atoms with E-state index in [1.165, 1.54) is 0 Å². The fraction of sp³-hybridized carbons (Fsp3) is 0.917. The Bertz CT molecular complexity index is 198. The number of rotatable bonds is 5. The van der Waals surface area contributed by atoms with Crippen LogP contribution in [0, 0.1) is 11.8 Å². The second-order valence-electron chi connectivity index (χ2n) is 4.89. The van der Waals surface area contributed by atoms with Gasteiger partial charge in [0.2, 0.25) is 5.91 Å². The Morgan fingerprint density at radius 2 is 2.27 bits per heavy atom. The summed E-state index contributed by atoms with van der Waals surface area (Å²) >= 11 is 0. The summed E-state index contributed by atoms with van der Waals surface area (Å²) in [5.74, 6) is 1.47. The predicted molar refractivity (Wildman–Crippen MR) is 62.7 cm³/mol. The van der Waals surface area contributed by atoms with Crippen molar-refractivity contribution in [3.05, 3.63) is 0 Å². The maximum atomic E-state index is 12.0. The van der Waals surface area contributed by atoms with Crippen molar-refractivity contribution in [3.8, 4) is 0 Å². The Balaban J connectivity index is 2.34. The summed E-state index contributed by atoms with van der Waals surface area (Å²) in [4.78, 5) is 14.0. The number of carbonyl (C=O) groups is 1. The molecule has 1 amide bonds. The maximum absolute atomic E-state index is 12.0. The molecule has 1 atom stereocenters. The van der Waals surface area contributed by atoms with Crippen molar-refractivity contribution in [2.24, 2.45) is 11.8 Å². The van der Waals surface area contributed by atoms with Crippen LogP contribution in [0.1, 0.15) is 33.6 Å². The molecule has 1 heterocycles. The van der Waals surface area contributed by atoms with Crippen molar-refractivity contribution in [1.29, 1.82) is 0 Å². The fourth-order valence-corrected chi connectivity index (χ4v) is 2.11. The van der Waals surface area contributed by atoms with Gasteiger partial charge in [0.1, 0.15) is 0 Å². The smallest absolute Gasteiger partial charge is 0.222 e. The standard InChI is InChI=1S/C12H24N2O/c1-4-14(9-10(2)3)12(15)7-11-5-6-13-8-11/h10-11,13H,4-9H2,1-3H3. The molecular formula is C12H24N2O. The highest BCUT2D eigenvalue weighted by Gasteiger charge is 2.21. The minimum absolute atomic E-state index is 0.333. The van der Waals surface area contributed by atoms with Gasteiger partial charge in [-0.2, -0.15) is 0 Å². The molecule has 88 valence electrons. The van der Waals surface area contributed by atoms with Gasteiger partial charge in [-0.1, -0.05) is 13.8 Å². The van der Waals surface area contributed by atoms with E-state index in [0.29, 0.717) is 17.7 Å². The molecule has 1 saturated heterocycles. The van der Waals surface area contributed by atoms with Crippen LogP contribution >= 0.6 is 0 Å². The molecule has 3 nitrogen and oxygen atoms in total. The molecule has 0 aromatic carbocycles. The van der Waals surface area contributed by atoms with Gasteiger partial charge >= 0.3 is 0 Å². The lowest BCUT2D eigenvalue weighted by atomic mass is 10.0. The SMILES string of the molecule is CCN(CC(C)C)C(=O)CC1CCNC1. The molecular weight excluding hydrogens is 188 g/mol. The molecule has 1 aliphatic heterocycles. The van der Waals surface area contributed by atoms with Gasteiger partial charge in [0.05, 0.1) is 0 Å². The van der Waals surface area contributed by atoms with Gasteiger partial charge < -0.3 is 10.2 Å². The second-order valence-corrected chi connectivity index (χ2v) is 4.89. The van der Waals surface area contributed by atoms with Crippen LogP contribution in [0.3, 0.4) is 0 Å². The summed E-state index contributed by atoms with van der Waals surface area (Å²) in [7, 11) is 0. The van der Waals surface area contributed by atoms with Crippen LogP contribution in [-0.2, 0) is 4.79 Å². The van der Waals surface area contributed by atoms with E-state index < -0.39 is 0 Å². The van der Waals surface area contributed by atoms with Crippen LogP contribution < -0.4 is 5.32 Å². The molecule has 0 spiro atoms. The van der Waals surface area contributed by atoms with Crippen molar-refractivity contribution in [2.45, 2.75) is 33.6 Å². The van der Waals surface area contributed by atoms with E-state index in [0.717, 1.165) is 39.0 Å². The third-order valence-corrected chi connectivity index (χ3v) is 2.95. The van der Waals surface area contributed by atoms with Gasteiger partial charge in [0, 0.05) is 19.5 Å². The third kappa shape index (κ3) is 4.20. The normalized spacial score (nSPS) is 20.9. The van der Waals surface area contributed by atoms with Crippen LogP contribution in [0.15, 0.2) is 0 Å². The first-order valence-corrected chi connectivity index (χ1v) is 6.12. The van der Waals surface area contributed by atoms with E-state index in [2.05, 4.69) is 26.1 Å². The van der Waals surface area contributed by atoms with Crippen LogP contribution in [0.4, 0.5) is 0 Å². The zero-order chi connectivity index (χ0) is 11.3. The van der Waals surface area contributed by atoms with E-state index in [4.69, 9.17) is 0 Å². The zero-order valence-corrected chi connectivity index (χ0v) is 10.3. The molecule has 1 unspecified atom stereocenters. The van der Waals surface area contributed by atoms with Crippen LogP contribution in [0.2, 0.25) is 0 Å². The second kappa shape index (κ2) is 6.11. The summed E-state index contributed by atoms with van der Waals surface area (Å²) in [5, 5.41) is 3.30. The van der Waals surface area contributed by atoms with Gasteiger partial charge in [-0.25, -0.2) is 0 Å². The average molecular weight is 212 g/mol. The largest absolute Gasteiger partial charge is 0.343 e. The Morgan fingerprint density at radius 1 is 1.53 bits per heavy atom. The number of nitrogens with one attached hydrogen (secondary N) is 1. The summed E-state index contributed by atoms with van der Waals surface area (Å²) < 4.78 is 0. The van der Waals surface area contributed by atoms with Gasteiger partial charge in [-0.15, -0.1) is 0 Å². The van der Waals surface area contributed by atoms with Crippen molar-refractivity contribution in [1.82, 2.24) is 10.2 Å². The van der Waals surface area contributed by atoms with Gasteiger partial charge in [0.25, 0.3) is 0 Å². The lowest BCUT2D eigenvalue weighted by Crippen LogP contribution is -2.35. The Hall–Kier alpha value is -0.570.